The number of non-ortho nitro benzene ring substituents is 1. The third kappa shape index (κ3) is 5.15. The Balaban J connectivity index is 1.54. The topological polar surface area (TPSA) is 115 Å². The van der Waals surface area contributed by atoms with Gasteiger partial charge in [0.2, 0.25) is 5.91 Å². The van der Waals surface area contributed by atoms with Crippen molar-refractivity contribution in [1.29, 1.82) is 0 Å². The number of nitrogens with zero attached hydrogens (tertiary/aromatic N) is 4. The van der Waals surface area contributed by atoms with Crippen LogP contribution in [0.15, 0.2) is 47.6 Å². The van der Waals surface area contributed by atoms with Gasteiger partial charge in [0.15, 0.2) is 11.0 Å². The molecule has 156 valence electrons. The van der Waals surface area contributed by atoms with Gasteiger partial charge in [0, 0.05) is 30.6 Å². The number of amides is 1. The molecule has 30 heavy (non-hydrogen) atoms. The second-order valence-corrected chi connectivity index (χ2v) is 7.66. The number of carbonyl (C=O) groups excluding carboxylic acids is 1. The zero-order chi connectivity index (χ0) is 21.7. The number of benzene rings is 2. The van der Waals surface area contributed by atoms with E-state index in [2.05, 4.69) is 46.8 Å². The number of thioether (sulfide) groups is 1. The van der Waals surface area contributed by atoms with E-state index in [-0.39, 0.29) is 17.3 Å². The van der Waals surface area contributed by atoms with Crippen molar-refractivity contribution in [3.8, 4) is 0 Å². The van der Waals surface area contributed by atoms with Crippen LogP contribution < -0.4 is 10.6 Å². The molecule has 2 aromatic carbocycles. The highest BCUT2D eigenvalue weighted by Gasteiger charge is 2.13. The van der Waals surface area contributed by atoms with Gasteiger partial charge in [-0.05, 0) is 37.1 Å². The van der Waals surface area contributed by atoms with E-state index in [9.17, 15) is 14.9 Å². The molecule has 0 aliphatic rings. The van der Waals surface area contributed by atoms with Gasteiger partial charge in [-0.2, -0.15) is 0 Å². The average molecular weight is 427 g/mol. The first-order chi connectivity index (χ1) is 14.3. The van der Waals surface area contributed by atoms with Crippen LogP contribution in [-0.4, -0.2) is 31.3 Å². The van der Waals surface area contributed by atoms with Gasteiger partial charge in [0.25, 0.3) is 5.69 Å². The molecule has 1 heterocycles. The lowest BCUT2D eigenvalue weighted by Crippen LogP contribution is -2.14. The Bertz CT molecular complexity index is 1040. The molecule has 10 heteroatoms. The zero-order valence-electron chi connectivity index (χ0n) is 16.9. The van der Waals surface area contributed by atoms with Crippen LogP contribution in [0, 0.1) is 24.0 Å². The Kier molecular flexibility index (Phi) is 6.68. The highest BCUT2D eigenvalue weighted by atomic mass is 32.2. The molecular weight excluding hydrogens is 404 g/mol. The molecule has 0 aliphatic carbocycles. The Morgan fingerprint density at radius 1 is 1.13 bits per heavy atom. The summed E-state index contributed by atoms with van der Waals surface area (Å²) in [7, 11) is 1.86. The molecule has 0 bridgehead atoms. The smallest absolute Gasteiger partial charge is 0.269 e. The number of rotatable bonds is 8. The first-order valence-electron chi connectivity index (χ1n) is 9.20. The molecule has 9 nitrogen and oxygen atoms in total. The standard InChI is InChI=1S/C20H22N6O3S/c1-13-5-4-6-14(2)19(13)21-11-17-23-24-20(25(17)3)30-12-18(27)22-15-7-9-16(10-8-15)26(28)29/h4-10,21H,11-12H2,1-3H3,(H,22,27). The van der Waals surface area contributed by atoms with E-state index in [0.717, 1.165) is 22.6 Å². The van der Waals surface area contributed by atoms with Crippen molar-refractivity contribution < 1.29 is 9.72 Å². The van der Waals surface area contributed by atoms with Crippen molar-refractivity contribution in [1.82, 2.24) is 14.8 Å². The predicted octanol–water partition coefficient (Wildman–Crippen LogP) is 3.68. The highest BCUT2D eigenvalue weighted by molar-refractivity contribution is 7.99. The summed E-state index contributed by atoms with van der Waals surface area (Å²) in [6.45, 7) is 4.62. The van der Waals surface area contributed by atoms with Gasteiger partial charge < -0.3 is 15.2 Å². The lowest BCUT2D eigenvalue weighted by Gasteiger charge is -2.12. The van der Waals surface area contributed by atoms with Gasteiger partial charge in [0.05, 0.1) is 17.2 Å². The zero-order valence-corrected chi connectivity index (χ0v) is 17.7. The Labute approximate surface area is 178 Å². The normalized spacial score (nSPS) is 10.6. The summed E-state index contributed by atoms with van der Waals surface area (Å²) in [5, 5.41) is 25.8. The van der Waals surface area contributed by atoms with E-state index in [1.165, 1.54) is 36.0 Å². The molecular formula is C20H22N6O3S. The number of aryl methyl sites for hydroxylation is 2. The van der Waals surface area contributed by atoms with Gasteiger partial charge in [-0.25, -0.2) is 0 Å². The quantitative estimate of drug-likeness (QED) is 0.321. The average Bonchev–Trinajstić information content (AvgIpc) is 3.06. The fourth-order valence-electron chi connectivity index (χ4n) is 2.88. The van der Waals surface area contributed by atoms with E-state index in [4.69, 9.17) is 0 Å². The lowest BCUT2D eigenvalue weighted by molar-refractivity contribution is -0.384. The maximum Gasteiger partial charge on any atom is 0.269 e. The van der Waals surface area contributed by atoms with Crippen LogP contribution in [-0.2, 0) is 18.4 Å². The van der Waals surface area contributed by atoms with E-state index >= 15 is 0 Å². The Morgan fingerprint density at radius 3 is 2.43 bits per heavy atom. The SMILES string of the molecule is Cc1cccc(C)c1NCc1nnc(SCC(=O)Nc2ccc([N+](=O)[O-])cc2)n1C. The summed E-state index contributed by atoms with van der Waals surface area (Å²) >= 11 is 1.27. The van der Waals surface area contributed by atoms with Crippen LogP contribution in [0.2, 0.25) is 0 Å². The lowest BCUT2D eigenvalue weighted by atomic mass is 10.1. The number of hydrogen-bond donors (Lipinski definition) is 2. The number of para-hydroxylation sites is 1. The molecule has 0 aliphatic heterocycles. The van der Waals surface area contributed by atoms with Crippen LogP contribution in [0.3, 0.4) is 0 Å². The number of nitrogens with one attached hydrogen (secondary N) is 2. The molecule has 0 fully saturated rings. The van der Waals surface area contributed by atoms with Gasteiger partial charge in [-0.15, -0.1) is 10.2 Å². The van der Waals surface area contributed by atoms with Crippen LogP contribution in [0.25, 0.3) is 0 Å². The number of aromatic nitrogens is 3. The number of carbonyl (C=O) groups is 1. The maximum atomic E-state index is 12.2. The van der Waals surface area contributed by atoms with Gasteiger partial charge >= 0.3 is 0 Å². The molecule has 0 radical (unpaired) electrons. The first kappa shape index (κ1) is 21.3. The number of hydrogen-bond acceptors (Lipinski definition) is 7. The molecule has 1 amide bonds. The molecule has 1 aromatic heterocycles. The number of anilines is 2. The van der Waals surface area contributed by atoms with Crippen molar-refractivity contribution in [2.75, 3.05) is 16.4 Å². The molecule has 0 atom stereocenters. The third-order valence-electron chi connectivity index (χ3n) is 4.52. The first-order valence-corrected chi connectivity index (χ1v) is 10.2. The molecule has 0 unspecified atom stereocenters. The molecule has 2 N–H and O–H groups in total. The molecule has 3 aromatic rings. The summed E-state index contributed by atoms with van der Waals surface area (Å²) in [5.41, 5.74) is 3.88. The minimum Gasteiger partial charge on any atom is -0.377 e. The Hall–Kier alpha value is -3.40. The summed E-state index contributed by atoms with van der Waals surface area (Å²) in [6.07, 6.45) is 0. The van der Waals surface area contributed by atoms with E-state index in [1.807, 2.05) is 17.7 Å². The fourth-order valence-corrected chi connectivity index (χ4v) is 3.61. The molecule has 0 saturated carbocycles. The minimum atomic E-state index is -0.484. The summed E-state index contributed by atoms with van der Waals surface area (Å²) < 4.78 is 1.85. The minimum absolute atomic E-state index is 0.0245. The summed E-state index contributed by atoms with van der Waals surface area (Å²) in [6, 6.07) is 11.8. The van der Waals surface area contributed by atoms with Gasteiger partial charge in [-0.1, -0.05) is 30.0 Å². The molecule has 0 spiro atoms. The van der Waals surface area contributed by atoms with Crippen LogP contribution in [0.1, 0.15) is 17.0 Å². The summed E-state index contributed by atoms with van der Waals surface area (Å²) in [5.74, 6) is 0.677. The van der Waals surface area contributed by atoms with E-state index in [1.54, 1.807) is 0 Å². The highest BCUT2D eigenvalue weighted by Crippen LogP contribution is 2.21. The van der Waals surface area contributed by atoms with Crippen molar-refractivity contribution in [3.05, 3.63) is 69.5 Å². The predicted molar refractivity (Wildman–Crippen MR) is 117 cm³/mol. The van der Waals surface area contributed by atoms with Crippen molar-refractivity contribution >= 4 is 34.7 Å². The second kappa shape index (κ2) is 9.40. The summed E-state index contributed by atoms with van der Waals surface area (Å²) in [4.78, 5) is 22.4. The van der Waals surface area contributed by atoms with E-state index in [0.29, 0.717) is 17.4 Å². The van der Waals surface area contributed by atoms with Gasteiger partial charge in [-0.3, -0.25) is 14.9 Å². The van der Waals surface area contributed by atoms with Gasteiger partial charge in [0.1, 0.15) is 0 Å². The number of nitro benzene ring substituents is 1. The fraction of sp³-hybridized carbons (Fsp3) is 0.250. The van der Waals surface area contributed by atoms with E-state index < -0.39 is 4.92 Å². The third-order valence-corrected chi connectivity index (χ3v) is 5.54. The van der Waals surface area contributed by atoms with Crippen molar-refractivity contribution in [2.24, 2.45) is 7.05 Å². The number of nitro groups is 1. The van der Waals surface area contributed by atoms with Crippen LogP contribution in [0.5, 0.6) is 0 Å². The Morgan fingerprint density at radius 2 is 1.80 bits per heavy atom. The van der Waals surface area contributed by atoms with Crippen molar-refractivity contribution in [3.63, 3.8) is 0 Å². The van der Waals surface area contributed by atoms with Crippen molar-refractivity contribution in [2.45, 2.75) is 25.5 Å². The molecule has 3 rings (SSSR count). The monoisotopic (exact) mass is 426 g/mol. The van der Waals surface area contributed by atoms with Crippen LogP contribution in [0.4, 0.5) is 17.1 Å². The molecule has 0 saturated heterocycles. The van der Waals surface area contributed by atoms with Crippen LogP contribution >= 0.6 is 11.8 Å². The largest absolute Gasteiger partial charge is 0.377 e. The second-order valence-electron chi connectivity index (χ2n) is 6.72. The maximum absolute atomic E-state index is 12.2.